The molecule has 0 amide bonds. The third-order valence-electron chi connectivity index (χ3n) is 5.57. The van der Waals surface area contributed by atoms with Crippen LogP contribution in [0.3, 0.4) is 0 Å². The normalized spacial score (nSPS) is 16.5. The van der Waals surface area contributed by atoms with E-state index in [9.17, 15) is 18.0 Å². The molecule has 3 aromatic rings. The van der Waals surface area contributed by atoms with E-state index in [0.29, 0.717) is 49.1 Å². The van der Waals surface area contributed by atoms with Crippen molar-refractivity contribution in [3.63, 3.8) is 0 Å². The third kappa shape index (κ3) is 3.65. The van der Waals surface area contributed by atoms with Crippen molar-refractivity contribution in [3.05, 3.63) is 56.7 Å². The fourth-order valence-corrected chi connectivity index (χ4v) is 5.15. The molecule has 9 nitrogen and oxygen atoms in total. The Morgan fingerprint density at radius 2 is 1.93 bits per heavy atom. The highest BCUT2D eigenvalue weighted by molar-refractivity contribution is 7.89. The third-order valence-corrected chi connectivity index (χ3v) is 7.47. The minimum atomic E-state index is -3.67. The van der Waals surface area contributed by atoms with Crippen LogP contribution >= 0.6 is 0 Å². The number of sulfonamides is 1. The van der Waals surface area contributed by atoms with Crippen molar-refractivity contribution in [2.45, 2.75) is 38.1 Å². The monoisotopic (exact) mass is 418 g/mol. The average Bonchev–Trinajstić information content (AvgIpc) is 3.08. The highest BCUT2D eigenvalue weighted by Crippen LogP contribution is 2.26. The van der Waals surface area contributed by atoms with E-state index in [1.54, 1.807) is 24.7 Å². The van der Waals surface area contributed by atoms with E-state index in [1.807, 2.05) is 0 Å². The molecule has 1 aliphatic rings. The Bertz CT molecular complexity index is 1280. The molecular formula is C19H22N4O5S. The van der Waals surface area contributed by atoms with Gasteiger partial charge in [0.05, 0.1) is 16.7 Å². The van der Waals surface area contributed by atoms with E-state index in [2.05, 4.69) is 9.97 Å². The molecule has 29 heavy (non-hydrogen) atoms. The average molecular weight is 418 g/mol. The van der Waals surface area contributed by atoms with Crippen LogP contribution in [-0.2, 0) is 16.6 Å². The largest absolute Gasteiger partial charge is 0.417 e. The SMILES string of the molecule is Cc1ncn(CC2CCN(S(=O)(=O)c3ccc4oc(=O)[nH]c4c3)CC2)c(=O)c1C. The number of H-pyrrole nitrogens is 1. The number of aromatic amines is 1. The quantitative estimate of drug-likeness (QED) is 0.684. The summed E-state index contributed by atoms with van der Waals surface area (Å²) >= 11 is 0. The van der Waals surface area contributed by atoms with Crippen LogP contribution in [0, 0.1) is 19.8 Å². The lowest BCUT2D eigenvalue weighted by Crippen LogP contribution is -2.40. The molecule has 154 valence electrons. The molecule has 0 spiro atoms. The summed E-state index contributed by atoms with van der Waals surface area (Å²) in [6.45, 7) is 4.85. The van der Waals surface area contributed by atoms with Gasteiger partial charge in [0.1, 0.15) is 0 Å². The van der Waals surface area contributed by atoms with Crippen molar-refractivity contribution in [1.29, 1.82) is 0 Å². The van der Waals surface area contributed by atoms with Crippen molar-refractivity contribution in [1.82, 2.24) is 18.8 Å². The highest BCUT2D eigenvalue weighted by atomic mass is 32.2. The summed E-state index contributed by atoms with van der Waals surface area (Å²) in [4.78, 5) is 30.5. The summed E-state index contributed by atoms with van der Waals surface area (Å²) in [7, 11) is -3.67. The van der Waals surface area contributed by atoms with Crippen molar-refractivity contribution >= 4 is 21.1 Å². The summed E-state index contributed by atoms with van der Waals surface area (Å²) in [6.07, 6.45) is 2.88. The summed E-state index contributed by atoms with van der Waals surface area (Å²) in [5.74, 6) is -0.415. The van der Waals surface area contributed by atoms with Gasteiger partial charge in [-0.05, 0) is 50.8 Å². The lowest BCUT2D eigenvalue weighted by molar-refractivity contribution is 0.250. The number of oxazole rings is 1. The molecule has 1 saturated heterocycles. The van der Waals surface area contributed by atoms with Gasteiger partial charge in [-0.1, -0.05) is 0 Å². The fraction of sp³-hybridized carbons (Fsp3) is 0.421. The molecular weight excluding hydrogens is 396 g/mol. The predicted molar refractivity (Wildman–Crippen MR) is 106 cm³/mol. The van der Waals surface area contributed by atoms with E-state index in [0.717, 1.165) is 5.69 Å². The first kappa shape index (κ1) is 19.6. The maximum Gasteiger partial charge on any atom is 0.417 e. The minimum absolute atomic E-state index is 0.0463. The molecule has 1 fully saturated rings. The number of fused-ring (bicyclic) bond motifs is 1. The molecule has 0 saturated carbocycles. The summed E-state index contributed by atoms with van der Waals surface area (Å²) in [6, 6.07) is 4.34. The van der Waals surface area contributed by atoms with Gasteiger partial charge in [0.25, 0.3) is 5.56 Å². The molecule has 0 bridgehead atoms. The maximum absolute atomic E-state index is 13.0. The number of piperidine rings is 1. The second-order valence-corrected chi connectivity index (χ2v) is 9.37. The van der Waals surface area contributed by atoms with Gasteiger partial charge in [-0.2, -0.15) is 4.31 Å². The van der Waals surface area contributed by atoms with Crippen LogP contribution < -0.4 is 11.3 Å². The lowest BCUT2D eigenvalue weighted by Gasteiger charge is -2.31. The predicted octanol–water partition coefficient (Wildman–Crippen LogP) is 1.40. The zero-order valence-electron chi connectivity index (χ0n) is 16.2. The Kier molecular flexibility index (Phi) is 4.91. The number of nitrogens with one attached hydrogen (secondary N) is 1. The Labute approximate surface area is 167 Å². The first-order valence-corrected chi connectivity index (χ1v) is 10.9. The van der Waals surface area contributed by atoms with E-state index >= 15 is 0 Å². The fourth-order valence-electron chi connectivity index (χ4n) is 3.66. The topological polar surface area (TPSA) is 118 Å². The molecule has 10 heteroatoms. The van der Waals surface area contributed by atoms with E-state index < -0.39 is 15.8 Å². The Hall–Kier alpha value is -2.72. The van der Waals surface area contributed by atoms with E-state index in [4.69, 9.17) is 4.42 Å². The number of hydrogen-bond donors (Lipinski definition) is 1. The first-order valence-electron chi connectivity index (χ1n) is 9.41. The van der Waals surface area contributed by atoms with E-state index in [1.165, 1.54) is 22.5 Å². The standard InChI is InChI=1S/C19H22N4O5S/c1-12-13(2)20-11-22(18(12)24)10-14-5-7-23(8-6-14)29(26,27)15-3-4-17-16(9-15)21-19(25)28-17/h3-4,9,11,14H,5-8,10H2,1-2H3,(H,21,25). The number of rotatable bonds is 4. The Morgan fingerprint density at radius 1 is 1.21 bits per heavy atom. The van der Waals surface area contributed by atoms with Crippen LogP contribution in [0.2, 0.25) is 0 Å². The van der Waals surface area contributed by atoms with Crippen molar-refractivity contribution in [3.8, 4) is 0 Å². The number of benzene rings is 1. The zero-order chi connectivity index (χ0) is 20.8. The maximum atomic E-state index is 13.0. The van der Waals surface area contributed by atoms with Crippen LogP contribution in [0.4, 0.5) is 0 Å². The van der Waals surface area contributed by atoms with Crippen LogP contribution in [0.1, 0.15) is 24.1 Å². The second-order valence-electron chi connectivity index (χ2n) is 7.43. The van der Waals surface area contributed by atoms with Gasteiger partial charge in [0.2, 0.25) is 10.0 Å². The van der Waals surface area contributed by atoms with Crippen molar-refractivity contribution < 1.29 is 12.8 Å². The smallest absolute Gasteiger partial charge is 0.408 e. The molecule has 0 aliphatic carbocycles. The second kappa shape index (κ2) is 7.27. The Balaban J connectivity index is 1.47. The minimum Gasteiger partial charge on any atom is -0.408 e. The summed E-state index contributed by atoms with van der Waals surface area (Å²) in [5, 5.41) is 0. The van der Waals surface area contributed by atoms with Crippen molar-refractivity contribution in [2.75, 3.05) is 13.1 Å². The lowest BCUT2D eigenvalue weighted by atomic mass is 9.98. The number of aryl methyl sites for hydroxylation is 1. The molecule has 1 N–H and O–H groups in total. The molecule has 3 heterocycles. The van der Waals surface area contributed by atoms with Crippen LogP contribution in [-0.4, -0.2) is 40.3 Å². The van der Waals surface area contributed by atoms with Crippen LogP contribution in [0.25, 0.3) is 11.1 Å². The van der Waals surface area contributed by atoms with Crippen molar-refractivity contribution in [2.24, 2.45) is 5.92 Å². The van der Waals surface area contributed by atoms with Gasteiger partial charge in [0.15, 0.2) is 5.58 Å². The molecule has 1 aromatic carbocycles. The van der Waals surface area contributed by atoms with Gasteiger partial charge in [-0.25, -0.2) is 18.2 Å². The molecule has 1 aliphatic heterocycles. The van der Waals surface area contributed by atoms with Gasteiger partial charge in [-0.15, -0.1) is 0 Å². The molecule has 0 unspecified atom stereocenters. The molecule has 0 radical (unpaired) electrons. The van der Waals surface area contributed by atoms with Gasteiger partial charge in [0, 0.05) is 30.9 Å². The van der Waals surface area contributed by atoms with E-state index in [-0.39, 0.29) is 16.4 Å². The first-order chi connectivity index (χ1) is 13.8. The van der Waals surface area contributed by atoms with Crippen LogP contribution in [0.5, 0.6) is 0 Å². The van der Waals surface area contributed by atoms with Gasteiger partial charge < -0.3 is 4.42 Å². The summed E-state index contributed by atoms with van der Waals surface area (Å²) < 4.78 is 33.9. The van der Waals surface area contributed by atoms with Gasteiger partial charge >= 0.3 is 5.76 Å². The van der Waals surface area contributed by atoms with Gasteiger partial charge in [-0.3, -0.25) is 14.3 Å². The Morgan fingerprint density at radius 3 is 2.66 bits per heavy atom. The highest BCUT2D eigenvalue weighted by Gasteiger charge is 2.30. The molecule has 4 rings (SSSR count). The zero-order valence-corrected chi connectivity index (χ0v) is 17.0. The molecule has 0 atom stereocenters. The number of hydrogen-bond acceptors (Lipinski definition) is 6. The molecule has 2 aromatic heterocycles. The number of nitrogens with zero attached hydrogens (tertiary/aromatic N) is 3. The number of aromatic nitrogens is 3. The van der Waals surface area contributed by atoms with Crippen LogP contribution in [0.15, 0.2) is 43.4 Å². The summed E-state index contributed by atoms with van der Waals surface area (Å²) in [5.41, 5.74) is 1.99.